The lowest BCUT2D eigenvalue weighted by atomic mass is 9.79. The minimum absolute atomic E-state index is 0.544. The van der Waals surface area contributed by atoms with Gasteiger partial charge in [0.15, 0.2) is 0 Å². The Bertz CT molecular complexity index is 885. The van der Waals surface area contributed by atoms with Crippen molar-refractivity contribution in [1.29, 1.82) is 0 Å². The Kier molecular flexibility index (Phi) is 7.70. The molecule has 2 aliphatic rings. The average molecular weight is 463 g/mol. The predicted octanol–water partition coefficient (Wildman–Crippen LogP) is 9.11. The molecule has 0 aliphatic heterocycles. The van der Waals surface area contributed by atoms with Gasteiger partial charge in [0.1, 0.15) is 11.2 Å². The molecular formula is C31H42O3. The first-order valence-electron chi connectivity index (χ1n) is 13.4. The predicted molar refractivity (Wildman–Crippen MR) is 138 cm³/mol. The van der Waals surface area contributed by atoms with Crippen molar-refractivity contribution in [2.24, 2.45) is 0 Å². The van der Waals surface area contributed by atoms with E-state index in [1.54, 1.807) is 0 Å². The van der Waals surface area contributed by atoms with Crippen LogP contribution in [0.25, 0.3) is 0 Å². The van der Waals surface area contributed by atoms with Crippen LogP contribution in [-0.2, 0) is 20.7 Å². The lowest BCUT2D eigenvalue weighted by molar-refractivity contribution is -0.0640. The van der Waals surface area contributed by atoms with Crippen molar-refractivity contribution >= 4 is 6.16 Å². The first-order chi connectivity index (χ1) is 16.3. The highest BCUT2D eigenvalue weighted by molar-refractivity contribution is 5.62. The molecule has 3 heteroatoms. The van der Waals surface area contributed by atoms with Crippen LogP contribution in [0.4, 0.5) is 4.79 Å². The van der Waals surface area contributed by atoms with Crippen molar-refractivity contribution in [3.63, 3.8) is 0 Å². The van der Waals surface area contributed by atoms with Crippen molar-refractivity contribution in [3.8, 4) is 0 Å². The Morgan fingerprint density at radius 1 is 0.618 bits per heavy atom. The molecule has 0 saturated heterocycles. The molecule has 0 N–H and O–H groups in total. The van der Waals surface area contributed by atoms with E-state index in [0.717, 1.165) is 11.1 Å². The van der Waals surface area contributed by atoms with Gasteiger partial charge in [-0.2, -0.15) is 0 Å². The zero-order chi connectivity index (χ0) is 24.2. The molecule has 0 aromatic heterocycles. The first-order valence-corrected chi connectivity index (χ1v) is 13.4. The lowest BCUT2D eigenvalue weighted by Gasteiger charge is -2.34. The van der Waals surface area contributed by atoms with Crippen LogP contribution in [0.15, 0.2) is 48.5 Å². The average Bonchev–Trinajstić information content (AvgIpc) is 2.84. The Labute approximate surface area is 206 Å². The van der Waals surface area contributed by atoms with Gasteiger partial charge in [-0.3, -0.25) is 0 Å². The highest BCUT2D eigenvalue weighted by atomic mass is 16.7. The van der Waals surface area contributed by atoms with E-state index in [9.17, 15) is 4.79 Å². The van der Waals surface area contributed by atoms with Gasteiger partial charge in [-0.15, -0.1) is 0 Å². The zero-order valence-corrected chi connectivity index (χ0v) is 21.6. The topological polar surface area (TPSA) is 35.5 Å². The maximum Gasteiger partial charge on any atom is 0.510 e. The normalized spacial score (nSPS) is 18.5. The summed E-state index contributed by atoms with van der Waals surface area (Å²) in [5, 5.41) is 0. The maximum absolute atomic E-state index is 13.2. The van der Waals surface area contributed by atoms with E-state index in [-0.39, 0.29) is 0 Å². The molecule has 2 saturated carbocycles. The van der Waals surface area contributed by atoms with E-state index in [1.807, 2.05) is 39.8 Å². The largest absolute Gasteiger partial charge is 0.510 e. The summed E-state index contributed by atoms with van der Waals surface area (Å²) >= 11 is 0. The minimum Gasteiger partial charge on any atom is -0.423 e. The summed E-state index contributed by atoms with van der Waals surface area (Å²) in [5.41, 5.74) is 3.32. The second-order valence-corrected chi connectivity index (χ2v) is 11.3. The molecule has 34 heavy (non-hydrogen) atoms. The number of benzene rings is 2. The lowest BCUT2D eigenvalue weighted by Crippen LogP contribution is -2.33. The summed E-state index contributed by atoms with van der Waals surface area (Å²) in [6.45, 7) is 7.94. The summed E-state index contributed by atoms with van der Waals surface area (Å²) < 4.78 is 12.1. The van der Waals surface area contributed by atoms with E-state index < -0.39 is 17.4 Å². The zero-order valence-electron chi connectivity index (χ0n) is 21.6. The number of rotatable bonds is 6. The van der Waals surface area contributed by atoms with Gasteiger partial charge in [0.2, 0.25) is 0 Å². The molecule has 0 unspecified atom stereocenters. The molecule has 2 aliphatic carbocycles. The molecule has 4 rings (SSSR count). The molecule has 0 atom stereocenters. The standard InChI is InChI=1S/C31H42O3/c1-30(2,27-21-13-11-19-25(27)23-15-7-5-8-16-23)33-29(32)34-31(3,4)28-22-14-12-20-26(28)24-17-9-6-10-18-24/h11-14,19-24H,5-10,15-18H2,1-4H3. The molecule has 0 radical (unpaired) electrons. The Balaban J connectivity index is 1.51. The number of carbonyl (C=O) groups excluding carboxylic acids is 1. The van der Waals surface area contributed by atoms with E-state index in [2.05, 4.69) is 36.4 Å². The molecule has 2 fully saturated rings. The maximum atomic E-state index is 13.2. The number of hydrogen-bond donors (Lipinski definition) is 0. The van der Waals surface area contributed by atoms with Gasteiger partial charge >= 0.3 is 6.16 Å². The number of carbonyl (C=O) groups is 1. The van der Waals surface area contributed by atoms with Crippen molar-refractivity contribution < 1.29 is 14.3 Å². The molecule has 2 aromatic carbocycles. The molecule has 184 valence electrons. The van der Waals surface area contributed by atoms with Crippen LogP contribution >= 0.6 is 0 Å². The van der Waals surface area contributed by atoms with E-state index in [0.29, 0.717) is 11.8 Å². The SMILES string of the molecule is CC(C)(OC(=O)OC(C)(C)c1ccccc1C1CCCCC1)c1ccccc1C1CCCCC1. The summed E-state index contributed by atoms with van der Waals surface area (Å²) in [4.78, 5) is 13.2. The van der Waals surface area contributed by atoms with Crippen LogP contribution in [0.2, 0.25) is 0 Å². The third kappa shape index (κ3) is 5.67. The van der Waals surface area contributed by atoms with Crippen molar-refractivity contribution in [2.45, 2.75) is 115 Å². The fourth-order valence-electron chi connectivity index (χ4n) is 6.18. The quantitative estimate of drug-likeness (QED) is 0.402. The molecule has 3 nitrogen and oxygen atoms in total. The third-order valence-corrected chi connectivity index (χ3v) is 7.99. The highest BCUT2D eigenvalue weighted by Crippen LogP contribution is 2.41. The summed E-state index contributed by atoms with van der Waals surface area (Å²) in [6, 6.07) is 16.9. The van der Waals surface area contributed by atoms with Crippen LogP contribution in [0, 0.1) is 0 Å². The van der Waals surface area contributed by atoms with E-state index in [4.69, 9.17) is 9.47 Å². The van der Waals surface area contributed by atoms with Crippen LogP contribution in [0.5, 0.6) is 0 Å². The summed E-state index contributed by atoms with van der Waals surface area (Å²) in [5.74, 6) is 1.09. The second kappa shape index (κ2) is 10.5. The molecule has 2 aromatic rings. The monoisotopic (exact) mass is 462 g/mol. The van der Waals surface area contributed by atoms with Crippen LogP contribution < -0.4 is 0 Å². The smallest absolute Gasteiger partial charge is 0.423 e. The Morgan fingerprint density at radius 3 is 1.35 bits per heavy atom. The minimum atomic E-state index is -0.760. The van der Waals surface area contributed by atoms with Gasteiger partial charge in [-0.1, -0.05) is 87.1 Å². The molecule has 0 amide bonds. The fraction of sp³-hybridized carbons (Fsp3) is 0.581. The van der Waals surface area contributed by atoms with Gasteiger partial charge in [0, 0.05) is 0 Å². The van der Waals surface area contributed by atoms with Gasteiger partial charge in [0.25, 0.3) is 0 Å². The highest BCUT2D eigenvalue weighted by Gasteiger charge is 2.35. The van der Waals surface area contributed by atoms with Crippen molar-refractivity contribution in [2.75, 3.05) is 0 Å². The van der Waals surface area contributed by atoms with Gasteiger partial charge in [-0.25, -0.2) is 4.79 Å². The summed E-state index contributed by atoms with van der Waals surface area (Å²) in [7, 11) is 0. The van der Waals surface area contributed by atoms with Crippen LogP contribution in [0.1, 0.15) is 126 Å². The van der Waals surface area contributed by atoms with Crippen molar-refractivity contribution in [1.82, 2.24) is 0 Å². The van der Waals surface area contributed by atoms with Gasteiger partial charge in [-0.05, 0) is 87.5 Å². The summed E-state index contributed by atoms with van der Waals surface area (Å²) in [6.07, 6.45) is 12.0. The van der Waals surface area contributed by atoms with E-state index in [1.165, 1.54) is 75.3 Å². The van der Waals surface area contributed by atoms with E-state index >= 15 is 0 Å². The molecule has 0 bridgehead atoms. The molecule has 0 heterocycles. The van der Waals surface area contributed by atoms with Crippen LogP contribution in [-0.4, -0.2) is 6.16 Å². The Morgan fingerprint density at radius 2 is 0.971 bits per heavy atom. The van der Waals surface area contributed by atoms with Gasteiger partial charge < -0.3 is 9.47 Å². The van der Waals surface area contributed by atoms with Crippen molar-refractivity contribution in [3.05, 3.63) is 70.8 Å². The first kappa shape index (κ1) is 24.8. The fourth-order valence-corrected chi connectivity index (χ4v) is 6.18. The number of hydrogen-bond acceptors (Lipinski definition) is 3. The second-order valence-electron chi connectivity index (χ2n) is 11.3. The number of ether oxygens (including phenoxy) is 2. The Hall–Kier alpha value is -2.29. The third-order valence-electron chi connectivity index (χ3n) is 7.99. The van der Waals surface area contributed by atoms with Crippen LogP contribution in [0.3, 0.4) is 0 Å². The molecular weight excluding hydrogens is 420 g/mol. The van der Waals surface area contributed by atoms with Gasteiger partial charge in [0.05, 0.1) is 0 Å². The molecule has 0 spiro atoms.